The first-order chi connectivity index (χ1) is 14.9. The van der Waals surface area contributed by atoms with Crippen LogP contribution in [0.1, 0.15) is 34.1 Å². The summed E-state index contributed by atoms with van der Waals surface area (Å²) in [6, 6.07) is 15.5. The molecule has 31 heavy (non-hydrogen) atoms. The van der Waals surface area contributed by atoms with E-state index in [-0.39, 0.29) is 17.9 Å². The number of furan rings is 1. The van der Waals surface area contributed by atoms with E-state index in [1.807, 2.05) is 50.2 Å². The fourth-order valence-corrected chi connectivity index (χ4v) is 3.89. The molecule has 0 bridgehead atoms. The fraction of sp³-hybridized carbons (Fsp3) is 0.200. The lowest BCUT2D eigenvalue weighted by atomic mass is 9.96. The Labute approximate surface area is 180 Å². The third kappa shape index (κ3) is 3.72. The molecule has 1 N–H and O–H groups in total. The van der Waals surface area contributed by atoms with Crippen molar-refractivity contribution in [3.05, 3.63) is 94.4 Å². The summed E-state index contributed by atoms with van der Waals surface area (Å²) in [6.45, 7) is 3.92. The van der Waals surface area contributed by atoms with E-state index in [1.54, 1.807) is 25.3 Å². The van der Waals surface area contributed by atoms with E-state index in [9.17, 15) is 14.7 Å². The minimum atomic E-state index is -0.832. The number of ether oxygens (including phenoxy) is 1. The van der Waals surface area contributed by atoms with Crippen LogP contribution >= 0.6 is 0 Å². The highest BCUT2D eigenvalue weighted by Crippen LogP contribution is 2.41. The van der Waals surface area contributed by atoms with Gasteiger partial charge in [0.25, 0.3) is 11.7 Å². The highest BCUT2D eigenvalue weighted by atomic mass is 16.5. The number of ketones is 1. The number of aryl methyl sites for hydroxylation is 2. The van der Waals surface area contributed by atoms with Gasteiger partial charge in [-0.2, -0.15) is 0 Å². The molecule has 1 unspecified atom stereocenters. The SMILES string of the molecule is COc1cccc(CN2C(=O)C(=O)/C(=C(\O)c3cc(C)ccc3C)C2c2ccco2)c1. The van der Waals surface area contributed by atoms with Gasteiger partial charge in [0.15, 0.2) is 0 Å². The summed E-state index contributed by atoms with van der Waals surface area (Å²) >= 11 is 0. The number of carbonyl (C=O) groups is 2. The third-order valence-corrected chi connectivity index (χ3v) is 5.49. The molecule has 0 aliphatic carbocycles. The molecule has 6 heteroatoms. The van der Waals surface area contributed by atoms with Crippen LogP contribution in [0.5, 0.6) is 5.75 Å². The van der Waals surface area contributed by atoms with Gasteiger partial charge < -0.3 is 19.2 Å². The average Bonchev–Trinajstić information content (AvgIpc) is 3.38. The number of benzene rings is 2. The number of likely N-dealkylation sites (tertiary alicyclic amines) is 1. The van der Waals surface area contributed by atoms with Crippen LogP contribution in [-0.2, 0) is 16.1 Å². The smallest absolute Gasteiger partial charge is 0.296 e. The van der Waals surface area contributed by atoms with E-state index in [0.29, 0.717) is 17.1 Å². The van der Waals surface area contributed by atoms with E-state index in [1.165, 1.54) is 11.2 Å². The molecule has 3 aromatic rings. The number of nitrogens with zero attached hydrogens (tertiary/aromatic N) is 1. The number of methoxy groups -OCH3 is 1. The van der Waals surface area contributed by atoms with E-state index in [4.69, 9.17) is 9.15 Å². The number of aliphatic hydroxyl groups is 1. The van der Waals surface area contributed by atoms with Gasteiger partial charge in [-0.3, -0.25) is 9.59 Å². The Balaban J connectivity index is 1.84. The summed E-state index contributed by atoms with van der Waals surface area (Å²) in [5.74, 6) is -0.555. The number of aliphatic hydroxyl groups excluding tert-OH is 1. The van der Waals surface area contributed by atoms with E-state index >= 15 is 0 Å². The number of carbonyl (C=O) groups excluding carboxylic acids is 2. The van der Waals surface area contributed by atoms with Gasteiger partial charge in [0.2, 0.25) is 0 Å². The maximum atomic E-state index is 13.1. The number of hydrogen-bond donors (Lipinski definition) is 1. The molecule has 1 aromatic heterocycles. The monoisotopic (exact) mass is 417 g/mol. The molecule has 6 nitrogen and oxygen atoms in total. The van der Waals surface area contributed by atoms with Crippen LogP contribution in [0.4, 0.5) is 0 Å². The second-order valence-corrected chi connectivity index (χ2v) is 7.61. The lowest BCUT2D eigenvalue weighted by Crippen LogP contribution is -2.29. The minimum absolute atomic E-state index is 0.0246. The predicted molar refractivity (Wildman–Crippen MR) is 115 cm³/mol. The Hall–Kier alpha value is -3.80. The largest absolute Gasteiger partial charge is 0.507 e. The van der Waals surface area contributed by atoms with Crippen LogP contribution in [0.2, 0.25) is 0 Å². The van der Waals surface area contributed by atoms with Crippen molar-refractivity contribution in [1.82, 2.24) is 4.90 Å². The molecule has 0 spiro atoms. The Bertz CT molecular complexity index is 1180. The third-order valence-electron chi connectivity index (χ3n) is 5.49. The second-order valence-electron chi connectivity index (χ2n) is 7.61. The molecule has 2 heterocycles. The van der Waals surface area contributed by atoms with Gasteiger partial charge in [0.05, 0.1) is 18.9 Å². The molecular formula is C25H23NO5. The van der Waals surface area contributed by atoms with Crippen molar-refractivity contribution in [2.24, 2.45) is 0 Å². The number of hydrogen-bond acceptors (Lipinski definition) is 5. The van der Waals surface area contributed by atoms with Crippen LogP contribution in [0.3, 0.4) is 0 Å². The van der Waals surface area contributed by atoms with E-state index in [0.717, 1.165) is 16.7 Å². The molecule has 2 aromatic carbocycles. The first kappa shape index (κ1) is 20.5. The zero-order valence-corrected chi connectivity index (χ0v) is 17.6. The Morgan fingerprint density at radius 1 is 1.10 bits per heavy atom. The van der Waals surface area contributed by atoms with Crippen molar-refractivity contribution < 1.29 is 23.8 Å². The van der Waals surface area contributed by atoms with Crippen LogP contribution in [0.25, 0.3) is 5.76 Å². The van der Waals surface area contributed by atoms with E-state index < -0.39 is 17.7 Å². The van der Waals surface area contributed by atoms with Crippen LogP contribution in [-0.4, -0.2) is 28.8 Å². The summed E-state index contributed by atoms with van der Waals surface area (Å²) in [5, 5.41) is 11.2. The van der Waals surface area contributed by atoms with Gasteiger partial charge >= 0.3 is 0 Å². The van der Waals surface area contributed by atoms with Crippen molar-refractivity contribution in [1.29, 1.82) is 0 Å². The summed E-state index contributed by atoms with van der Waals surface area (Å²) in [7, 11) is 1.57. The standard InChI is InChI=1S/C25H23NO5/c1-15-9-10-16(2)19(12-15)23(27)21-22(20-8-5-11-31-20)26(25(29)24(21)28)14-17-6-4-7-18(13-17)30-3/h4-13,22,27H,14H2,1-3H3/b23-21-. The molecule has 1 fully saturated rings. The van der Waals surface area contributed by atoms with Crippen molar-refractivity contribution in [3.63, 3.8) is 0 Å². The summed E-state index contributed by atoms with van der Waals surface area (Å²) in [6.07, 6.45) is 1.49. The zero-order valence-electron chi connectivity index (χ0n) is 17.6. The molecule has 0 radical (unpaired) electrons. The Morgan fingerprint density at radius 2 is 1.90 bits per heavy atom. The number of amides is 1. The average molecular weight is 417 g/mol. The van der Waals surface area contributed by atoms with Gasteiger partial charge in [0.1, 0.15) is 23.3 Å². The minimum Gasteiger partial charge on any atom is -0.507 e. The summed E-state index contributed by atoms with van der Waals surface area (Å²) < 4.78 is 10.9. The molecule has 1 aliphatic heterocycles. The van der Waals surface area contributed by atoms with Crippen molar-refractivity contribution >= 4 is 17.4 Å². The molecule has 158 valence electrons. The predicted octanol–water partition coefficient (Wildman–Crippen LogP) is 4.53. The maximum absolute atomic E-state index is 13.1. The summed E-state index contributed by atoms with van der Waals surface area (Å²) in [5.41, 5.74) is 3.09. The van der Waals surface area contributed by atoms with Gasteiger partial charge in [-0.05, 0) is 55.3 Å². The molecule has 1 amide bonds. The quantitative estimate of drug-likeness (QED) is 0.375. The van der Waals surface area contributed by atoms with Crippen molar-refractivity contribution in [3.8, 4) is 5.75 Å². The first-order valence-electron chi connectivity index (χ1n) is 9.93. The first-order valence-corrected chi connectivity index (χ1v) is 9.93. The summed E-state index contributed by atoms with van der Waals surface area (Å²) in [4.78, 5) is 27.5. The maximum Gasteiger partial charge on any atom is 0.296 e. The van der Waals surface area contributed by atoms with Crippen LogP contribution < -0.4 is 4.74 Å². The highest BCUT2D eigenvalue weighted by Gasteiger charge is 2.47. The number of Topliss-reactive ketones (excluding diaryl/α,β-unsaturated/α-hetero) is 1. The Kier molecular flexibility index (Phi) is 5.38. The lowest BCUT2D eigenvalue weighted by molar-refractivity contribution is -0.140. The zero-order chi connectivity index (χ0) is 22.1. The lowest BCUT2D eigenvalue weighted by Gasteiger charge is -2.23. The van der Waals surface area contributed by atoms with Gasteiger partial charge in [-0.1, -0.05) is 29.8 Å². The molecule has 1 aliphatic rings. The number of rotatable bonds is 5. The highest BCUT2D eigenvalue weighted by molar-refractivity contribution is 6.46. The van der Waals surface area contributed by atoms with Crippen molar-refractivity contribution in [2.75, 3.05) is 7.11 Å². The van der Waals surface area contributed by atoms with Gasteiger partial charge in [-0.15, -0.1) is 0 Å². The van der Waals surface area contributed by atoms with Crippen LogP contribution in [0.15, 0.2) is 70.9 Å². The van der Waals surface area contributed by atoms with Crippen LogP contribution in [0, 0.1) is 13.8 Å². The molecular weight excluding hydrogens is 394 g/mol. The Morgan fingerprint density at radius 3 is 2.61 bits per heavy atom. The molecule has 0 saturated carbocycles. The second kappa shape index (κ2) is 8.14. The molecule has 1 saturated heterocycles. The van der Waals surface area contributed by atoms with Crippen molar-refractivity contribution in [2.45, 2.75) is 26.4 Å². The van der Waals surface area contributed by atoms with E-state index in [2.05, 4.69) is 0 Å². The fourth-order valence-electron chi connectivity index (χ4n) is 3.89. The topological polar surface area (TPSA) is 80.0 Å². The van der Waals surface area contributed by atoms with Gasteiger partial charge in [0, 0.05) is 12.1 Å². The normalized spacial score (nSPS) is 17.9. The van der Waals surface area contributed by atoms with Gasteiger partial charge in [-0.25, -0.2) is 0 Å². The molecule has 1 atom stereocenters. The molecule has 4 rings (SSSR count).